The second-order valence-corrected chi connectivity index (χ2v) is 17.7. The van der Waals surface area contributed by atoms with Crippen LogP contribution in [0.5, 0.6) is 0 Å². The molecule has 472 valence electrons. The van der Waals surface area contributed by atoms with Crippen molar-refractivity contribution < 1.29 is 0 Å². The Morgan fingerprint density at radius 1 is 0.318 bits per heavy atom. The molecule has 0 aliphatic heterocycles. The Bertz CT molecular complexity index is 2630. The predicted molar refractivity (Wildman–Crippen MR) is 391 cm³/mol. The molecule has 0 heterocycles. The first-order valence-corrected chi connectivity index (χ1v) is 32.0. The highest BCUT2D eigenvalue weighted by Gasteiger charge is 2.09. The van der Waals surface area contributed by atoms with Crippen LogP contribution in [0.3, 0.4) is 0 Å². The van der Waals surface area contributed by atoms with Gasteiger partial charge in [0, 0.05) is 50.6 Å². The molecule has 0 aliphatic rings. The highest BCUT2D eigenvalue weighted by Crippen LogP contribution is 2.20. The van der Waals surface area contributed by atoms with Crippen molar-refractivity contribution in [3.8, 4) is 0 Å². The van der Waals surface area contributed by atoms with Crippen LogP contribution in [0, 0.1) is 0 Å². The molecule has 1 N–H and O–H groups in total. The van der Waals surface area contributed by atoms with E-state index in [0.29, 0.717) is 0 Å². The number of nitrogens with zero attached hydrogens (tertiary/aromatic N) is 9. The molecule has 0 unspecified atom stereocenters. The lowest BCUT2D eigenvalue weighted by atomic mass is 9.95. The summed E-state index contributed by atoms with van der Waals surface area (Å²) in [6, 6.07) is 32.5. The molecular formula is C75H122N10. The Morgan fingerprint density at radius 3 is 0.941 bits per heavy atom. The monoisotopic (exact) mass is 1160 g/mol. The molecule has 0 saturated heterocycles. The standard InChI is InChI=1S/C13H20N2.4C13H18N2.5C2H6/c2*1-5-11-7-8-13(9-12(11)6-2)10(3)15-14-4;2*1-5-11-7-8-12(6-2)13(9-11)10(3)15-14-4;1-5-11-8-7-9-13(12(11)6-2)10(3)15-14-4;5*1-2/h7-9,14H,5-6H2,1-4H3;4*7-9H,4-6H2,1-3H3;5*1-2H3/b5*15-10+;;;;;. The molecule has 0 fully saturated rings. The summed E-state index contributed by atoms with van der Waals surface area (Å²) in [7, 11) is 1.82. The lowest BCUT2D eigenvalue weighted by molar-refractivity contribution is 0.899. The molecule has 10 heteroatoms. The molecule has 0 spiro atoms. The predicted octanol–water partition coefficient (Wildman–Crippen LogP) is 20.8. The van der Waals surface area contributed by atoms with Gasteiger partial charge in [-0.25, -0.2) is 0 Å². The first-order valence-electron chi connectivity index (χ1n) is 32.0. The van der Waals surface area contributed by atoms with E-state index in [1.54, 1.807) is 0 Å². The first kappa shape index (κ1) is 86.7. The summed E-state index contributed by atoms with van der Waals surface area (Å²) in [6.45, 7) is 65.1. The highest BCUT2D eigenvalue weighted by molar-refractivity contribution is 6.02. The minimum atomic E-state index is 0.919. The third-order valence-electron chi connectivity index (χ3n) is 13.0. The van der Waals surface area contributed by atoms with Crippen molar-refractivity contribution >= 4 is 55.4 Å². The smallest absolute Gasteiger partial charge is 0.0674 e. The Kier molecular flexibility index (Phi) is 58.5. The summed E-state index contributed by atoms with van der Waals surface area (Å²) in [4.78, 5) is 0. The van der Waals surface area contributed by atoms with Gasteiger partial charge in [0.1, 0.15) is 0 Å². The van der Waals surface area contributed by atoms with E-state index in [0.717, 1.165) is 98.3 Å². The van der Waals surface area contributed by atoms with Crippen LogP contribution in [-0.4, -0.2) is 62.5 Å². The van der Waals surface area contributed by atoms with E-state index < -0.39 is 0 Å². The van der Waals surface area contributed by atoms with Gasteiger partial charge in [0.05, 0.1) is 28.6 Å². The van der Waals surface area contributed by atoms with Crippen LogP contribution < -0.4 is 5.43 Å². The van der Waals surface area contributed by atoms with Gasteiger partial charge < -0.3 is 5.43 Å². The first-order chi connectivity index (χ1) is 41.1. The molecule has 0 bridgehead atoms. The van der Waals surface area contributed by atoms with Crippen molar-refractivity contribution in [2.45, 2.75) is 237 Å². The summed E-state index contributed by atoms with van der Waals surface area (Å²) in [5.41, 5.74) is 27.3. The number of aryl methyl sites for hydroxylation is 9. The molecule has 10 nitrogen and oxygen atoms in total. The zero-order valence-corrected chi connectivity index (χ0v) is 59.1. The van der Waals surface area contributed by atoms with Crippen LogP contribution in [0.2, 0.25) is 0 Å². The van der Waals surface area contributed by atoms with Gasteiger partial charge in [-0.2, -0.15) is 45.9 Å². The largest absolute Gasteiger partial charge is 0.313 e. The van der Waals surface area contributed by atoms with Gasteiger partial charge in [-0.1, -0.05) is 205 Å². The van der Waals surface area contributed by atoms with Crippen LogP contribution in [0.15, 0.2) is 137 Å². The quantitative estimate of drug-likeness (QED) is 0.0605. The third-order valence-corrected chi connectivity index (χ3v) is 13.0. The van der Waals surface area contributed by atoms with Crippen LogP contribution in [0.25, 0.3) is 0 Å². The van der Waals surface area contributed by atoms with E-state index in [9.17, 15) is 0 Å². The summed E-state index contributed by atoms with van der Waals surface area (Å²) in [6.07, 6.45) is 10.6. The second kappa shape index (κ2) is 57.4. The maximum Gasteiger partial charge on any atom is 0.0674 e. The lowest BCUT2D eigenvalue weighted by Gasteiger charge is -2.11. The van der Waals surface area contributed by atoms with Crippen LogP contribution in [0.1, 0.15) is 257 Å². The zero-order valence-electron chi connectivity index (χ0n) is 59.1. The number of rotatable bonds is 20. The van der Waals surface area contributed by atoms with Gasteiger partial charge in [0.15, 0.2) is 0 Å². The number of hydrogen-bond donors (Lipinski definition) is 1. The van der Waals surface area contributed by atoms with Crippen molar-refractivity contribution in [2.24, 2.45) is 45.9 Å². The SMILES string of the molecule is C=N/N=C(\C)c1cc(CC)ccc1CC.C=N/N=C(\C)c1cc(CC)ccc1CC.C=N/N=C(\C)c1ccc(CC)c(CC)c1.C=N/N=C(\C)c1cccc(CC)c1CC.CC.CC.CC.CC.CC.CCc1ccc(/C(C)=N/NC)cc1CC. The number of hydrazone groups is 1. The van der Waals surface area contributed by atoms with Crippen LogP contribution in [0.4, 0.5) is 0 Å². The average molecular weight is 1160 g/mol. The molecule has 5 rings (SSSR count). The maximum atomic E-state index is 4.19. The number of nitrogens with one attached hydrogen (secondary N) is 1. The fraction of sp³-hybridized carbons (Fsp3) is 0.480. The Morgan fingerprint density at radius 2 is 0.635 bits per heavy atom. The highest BCUT2D eigenvalue weighted by atomic mass is 15.3. The van der Waals surface area contributed by atoms with Crippen molar-refractivity contribution in [3.05, 3.63) is 174 Å². The van der Waals surface area contributed by atoms with E-state index in [1.807, 2.05) is 111 Å². The van der Waals surface area contributed by atoms with Crippen molar-refractivity contribution in [3.63, 3.8) is 0 Å². The van der Waals surface area contributed by atoms with Gasteiger partial charge in [-0.05, 0) is 190 Å². The van der Waals surface area contributed by atoms with E-state index >= 15 is 0 Å². The normalized spacial score (nSPS) is 10.5. The van der Waals surface area contributed by atoms with Gasteiger partial charge in [-0.3, -0.25) is 0 Å². The van der Waals surface area contributed by atoms with E-state index in [4.69, 9.17) is 0 Å². The average Bonchev–Trinajstić information content (AvgIpc) is 3.60. The maximum absolute atomic E-state index is 4.19. The molecule has 0 aliphatic carbocycles. The Hall–Kier alpha value is -7.07. The Balaban J connectivity index is -0.000000302. The molecule has 0 atom stereocenters. The second-order valence-electron chi connectivity index (χ2n) is 17.7. The molecule has 5 aromatic carbocycles. The minimum Gasteiger partial charge on any atom is -0.313 e. The molecular weight excluding hydrogens is 1040 g/mol. The van der Waals surface area contributed by atoms with Gasteiger partial charge >= 0.3 is 0 Å². The molecule has 0 aromatic heterocycles. The molecule has 0 radical (unpaired) electrons. The van der Waals surface area contributed by atoms with E-state index in [1.165, 1.54) is 77.9 Å². The molecule has 0 amide bonds. The zero-order chi connectivity index (χ0) is 66.3. The van der Waals surface area contributed by atoms with Crippen molar-refractivity contribution in [1.82, 2.24) is 5.43 Å². The molecule has 85 heavy (non-hydrogen) atoms. The fourth-order valence-electron chi connectivity index (χ4n) is 8.63. The minimum absolute atomic E-state index is 0.919. The summed E-state index contributed by atoms with van der Waals surface area (Å²) < 4.78 is 0. The summed E-state index contributed by atoms with van der Waals surface area (Å²) in [5.74, 6) is 0. The number of benzene rings is 5. The van der Waals surface area contributed by atoms with E-state index in [-0.39, 0.29) is 0 Å². The number of hydrogen-bond acceptors (Lipinski definition) is 10. The van der Waals surface area contributed by atoms with E-state index in [2.05, 4.69) is 238 Å². The lowest BCUT2D eigenvalue weighted by Crippen LogP contribution is -2.04. The molecule has 5 aromatic rings. The fourth-order valence-corrected chi connectivity index (χ4v) is 8.63. The topological polar surface area (TPSA) is 123 Å². The Labute approximate surface area is 523 Å². The van der Waals surface area contributed by atoms with Gasteiger partial charge in [0.2, 0.25) is 0 Å². The van der Waals surface area contributed by atoms with Crippen LogP contribution >= 0.6 is 0 Å². The van der Waals surface area contributed by atoms with Crippen molar-refractivity contribution in [2.75, 3.05) is 7.05 Å². The van der Waals surface area contributed by atoms with Crippen molar-refractivity contribution in [1.29, 1.82) is 0 Å². The van der Waals surface area contributed by atoms with Gasteiger partial charge in [0.25, 0.3) is 0 Å². The summed E-state index contributed by atoms with van der Waals surface area (Å²) >= 11 is 0. The third kappa shape index (κ3) is 33.3. The van der Waals surface area contributed by atoms with Crippen LogP contribution in [-0.2, 0) is 64.2 Å². The molecule has 0 saturated carbocycles. The summed E-state index contributed by atoms with van der Waals surface area (Å²) in [5, 5.41) is 34.5. The van der Waals surface area contributed by atoms with Gasteiger partial charge in [-0.15, -0.1) is 0 Å².